The van der Waals surface area contributed by atoms with Crippen LogP contribution < -0.4 is 5.32 Å². The minimum absolute atomic E-state index is 0.131. The summed E-state index contributed by atoms with van der Waals surface area (Å²) in [5.74, 6) is 1.04. The fraction of sp³-hybridized carbons (Fsp3) is 1.00. The number of nitrogens with one attached hydrogen (secondary N) is 1. The molecule has 3 nitrogen and oxygen atoms in total. The number of aliphatic hydroxyl groups is 1. The highest BCUT2D eigenvalue weighted by Crippen LogP contribution is 2.26. The first kappa shape index (κ1) is 13.3. The lowest BCUT2D eigenvalue weighted by atomic mass is 9.87. The van der Waals surface area contributed by atoms with Crippen molar-refractivity contribution >= 4 is 0 Å². The molecule has 1 aliphatic carbocycles. The number of likely N-dealkylation sites (N-methyl/N-ethyl adjacent to an activating group) is 1. The van der Waals surface area contributed by atoms with Crippen LogP contribution in [-0.4, -0.2) is 48.3 Å². The Labute approximate surface area is 106 Å². The summed E-state index contributed by atoms with van der Waals surface area (Å²) in [7, 11) is 2.20. The van der Waals surface area contributed by atoms with Gasteiger partial charge in [-0.25, -0.2) is 0 Å². The lowest BCUT2D eigenvalue weighted by molar-refractivity contribution is 0.0684. The van der Waals surface area contributed by atoms with Crippen LogP contribution in [0.4, 0.5) is 0 Å². The molecule has 0 radical (unpaired) electrons. The molecule has 2 aliphatic rings. The highest BCUT2D eigenvalue weighted by molar-refractivity contribution is 4.90. The highest BCUT2D eigenvalue weighted by Gasteiger charge is 2.31. The van der Waals surface area contributed by atoms with Crippen molar-refractivity contribution in [3.8, 4) is 0 Å². The maximum Gasteiger partial charge on any atom is 0.0566 e. The Kier molecular flexibility index (Phi) is 4.45. The van der Waals surface area contributed by atoms with E-state index in [9.17, 15) is 5.11 Å². The van der Waals surface area contributed by atoms with Crippen LogP contribution >= 0.6 is 0 Å². The Morgan fingerprint density at radius 1 is 1.24 bits per heavy atom. The van der Waals surface area contributed by atoms with E-state index in [2.05, 4.69) is 31.1 Å². The van der Waals surface area contributed by atoms with Crippen LogP contribution in [0.3, 0.4) is 0 Å². The van der Waals surface area contributed by atoms with E-state index >= 15 is 0 Å². The van der Waals surface area contributed by atoms with Crippen LogP contribution in [0, 0.1) is 11.8 Å². The van der Waals surface area contributed by atoms with Crippen molar-refractivity contribution in [2.45, 2.75) is 57.7 Å². The topological polar surface area (TPSA) is 35.5 Å². The highest BCUT2D eigenvalue weighted by atomic mass is 16.3. The van der Waals surface area contributed by atoms with Crippen molar-refractivity contribution in [2.75, 3.05) is 20.1 Å². The molecular weight excluding hydrogens is 212 g/mol. The minimum atomic E-state index is -0.131. The summed E-state index contributed by atoms with van der Waals surface area (Å²) in [6.07, 6.45) is 4.79. The third-order valence-corrected chi connectivity index (χ3v) is 4.11. The number of piperidine rings is 1. The summed E-state index contributed by atoms with van der Waals surface area (Å²) in [6.45, 7) is 6.53. The number of hydrogen-bond donors (Lipinski definition) is 2. The zero-order valence-electron chi connectivity index (χ0n) is 11.5. The minimum Gasteiger partial charge on any atom is -0.393 e. The molecule has 3 unspecified atom stereocenters. The van der Waals surface area contributed by atoms with E-state index < -0.39 is 0 Å². The lowest BCUT2D eigenvalue weighted by Crippen LogP contribution is -2.49. The van der Waals surface area contributed by atoms with Gasteiger partial charge < -0.3 is 15.3 Å². The van der Waals surface area contributed by atoms with E-state index in [1.54, 1.807) is 0 Å². The van der Waals surface area contributed by atoms with E-state index in [1.807, 2.05) is 0 Å². The van der Waals surface area contributed by atoms with E-state index in [0.717, 1.165) is 19.0 Å². The van der Waals surface area contributed by atoms with Crippen molar-refractivity contribution in [1.29, 1.82) is 0 Å². The van der Waals surface area contributed by atoms with Gasteiger partial charge in [-0.2, -0.15) is 0 Å². The molecule has 17 heavy (non-hydrogen) atoms. The number of nitrogens with zero attached hydrogens (tertiary/aromatic N) is 1. The molecule has 2 N–H and O–H groups in total. The fourth-order valence-electron chi connectivity index (χ4n) is 2.93. The molecule has 1 saturated carbocycles. The van der Waals surface area contributed by atoms with Gasteiger partial charge in [-0.05, 0) is 44.6 Å². The fourth-order valence-corrected chi connectivity index (χ4v) is 2.93. The summed E-state index contributed by atoms with van der Waals surface area (Å²) in [5, 5.41) is 13.7. The van der Waals surface area contributed by atoms with E-state index in [1.165, 1.54) is 25.8 Å². The Hall–Kier alpha value is -0.120. The van der Waals surface area contributed by atoms with Gasteiger partial charge in [0.15, 0.2) is 0 Å². The number of aliphatic hydroxyl groups excluding tert-OH is 1. The smallest absolute Gasteiger partial charge is 0.0566 e. The molecule has 0 bridgehead atoms. The van der Waals surface area contributed by atoms with Crippen molar-refractivity contribution in [3.63, 3.8) is 0 Å². The van der Waals surface area contributed by atoms with Crippen molar-refractivity contribution < 1.29 is 5.11 Å². The Bertz CT molecular complexity index is 238. The number of likely N-dealkylation sites (tertiary alicyclic amines) is 1. The summed E-state index contributed by atoms with van der Waals surface area (Å²) in [6, 6.07) is 1.44. The van der Waals surface area contributed by atoms with Gasteiger partial charge in [0.25, 0.3) is 0 Å². The molecule has 0 aromatic heterocycles. The van der Waals surface area contributed by atoms with E-state index in [4.69, 9.17) is 0 Å². The van der Waals surface area contributed by atoms with Crippen LogP contribution in [0.2, 0.25) is 0 Å². The molecule has 0 aromatic carbocycles. The van der Waals surface area contributed by atoms with Gasteiger partial charge >= 0.3 is 0 Å². The molecule has 1 heterocycles. The first-order chi connectivity index (χ1) is 8.04. The standard InChI is InChI=1S/C14H28N2O/c1-10(2)14(17)7-11-6-13(9-16(3)8-11)15-12-4-5-12/h10-15,17H,4-9H2,1-3H3. The molecule has 1 aliphatic heterocycles. The molecule has 0 spiro atoms. The van der Waals surface area contributed by atoms with E-state index in [0.29, 0.717) is 17.9 Å². The van der Waals surface area contributed by atoms with Crippen LogP contribution in [0.15, 0.2) is 0 Å². The van der Waals surface area contributed by atoms with Crippen LogP contribution in [-0.2, 0) is 0 Å². The van der Waals surface area contributed by atoms with Crippen molar-refractivity contribution in [1.82, 2.24) is 10.2 Å². The van der Waals surface area contributed by atoms with Gasteiger partial charge in [-0.15, -0.1) is 0 Å². The van der Waals surface area contributed by atoms with Gasteiger partial charge in [-0.3, -0.25) is 0 Å². The summed E-state index contributed by atoms with van der Waals surface area (Å²) in [5.41, 5.74) is 0. The molecule has 1 saturated heterocycles. The van der Waals surface area contributed by atoms with Gasteiger partial charge in [0.05, 0.1) is 6.10 Å². The largest absolute Gasteiger partial charge is 0.393 e. The monoisotopic (exact) mass is 240 g/mol. The van der Waals surface area contributed by atoms with E-state index in [-0.39, 0.29) is 6.10 Å². The quantitative estimate of drug-likeness (QED) is 0.764. The van der Waals surface area contributed by atoms with Gasteiger partial charge in [0.2, 0.25) is 0 Å². The first-order valence-corrected chi connectivity index (χ1v) is 7.17. The third-order valence-electron chi connectivity index (χ3n) is 4.11. The van der Waals surface area contributed by atoms with Crippen molar-refractivity contribution in [3.05, 3.63) is 0 Å². The molecule has 2 rings (SSSR count). The average Bonchev–Trinajstić information content (AvgIpc) is 3.00. The molecule has 0 amide bonds. The molecule has 100 valence electrons. The normalized spacial score (nSPS) is 33.0. The summed E-state index contributed by atoms with van der Waals surface area (Å²) < 4.78 is 0. The van der Waals surface area contributed by atoms with Gasteiger partial charge in [0.1, 0.15) is 0 Å². The SMILES string of the molecule is CC(C)C(O)CC1CC(NC2CC2)CN(C)C1. The second-order valence-corrected chi connectivity index (χ2v) is 6.51. The maximum absolute atomic E-state index is 10.0. The second kappa shape index (κ2) is 5.68. The molecule has 3 atom stereocenters. The Balaban J connectivity index is 1.80. The summed E-state index contributed by atoms with van der Waals surface area (Å²) in [4.78, 5) is 2.42. The predicted molar refractivity (Wildman–Crippen MR) is 71.0 cm³/mol. The molecular formula is C14H28N2O. The number of hydrogen-bond acceptors (Lipinski definition) is 3. The Morgan fingerprint density at radius 2 is 1.94 bits per heavy atom. The first-order valence-electron chi connectivity index (χ1n) is 7.17. The van der Waals surface area contributed by atoms with Gasteiger partial charge in [0, 0.05) is 25.2 Å². The van der Waals surface area contributed by atoms with Crippen LogP contribution in [0.5, 0.6) is 0 Å². The summed E-state index contributed by atoms with van der Waals surface area (Å²) >= 11 is 0. The van der Waals surface area contributed by atoms with Crippen LogP contribution in [0.25, 0.3) is 0 Å². The third kappa shape index (κ3) is 4.23. The van der Waals surface area contributed by atoms with Crippen LogP contribution in [0.1, 0.15) is 39.5 Å². The maximum atomic E-state index is 10.0. The molecule has 2 fully saturated rings. The van der Waals surface area contributed by atoms with Gasteiger partial charge in [-0.1, -0.05) is 13.8 Å². The van der Waals surface area contributed by atoms with Crippen molar-refractivity contribution in [2.24, 2.45) is 11.8 Å². The zero-order chi connectivity index (χ0) is 12.4. The average molecular weight is 240 g/mol. The molecule has 3 heteroatoms. The Morgan fingerprint density at radius 3 is 2.53 bits per heavy atom. The lowest BCUT2D eigenvalue weighted by Gasteiger charge is -2.37. The second-order valence-electron chi connectivity index (χ2n) is 6.51. The zero-order valence-corrected chi connectivity index (χ0v) is 11.5. The molecule has 0 aromatic rings. The predicted octanol–water partition coefficient (Wildman–Crippen LogP) is 1.47. The number of rotatable bonds is 5.